The van der Waals surface area contributed by atoms with Crippen LogP contribution in [-0.2, 0) is 4.79 Å². The van der Waals surface area contributed by atoms with Crippen LogP contribution in [0.1, 0.15) is 25.7 Å². The molecule has 0 atom stereocenters. The number of carbonyl (C=O) groups excluding carboxylic acids is 1. The molecule has 0 saturated heterocycles. The molecule has 0 aliphatic heterocycles. The van der Waals surface area contributed by atoms with Crippen molar-refractivity contribution in [1.29, 1.82) is 0 Å². The van der Waals surface area contributed by atoms with Crippen molar-refractivity contribution in [2.45, 2.75) is 25.7 Å². The zero-order valence-electron chi connectivity index (χ0n) is 4.24. The van der Waals surface area contributed by atoms with E-state index >= 15 is 0 Å². The molecule has 0 amide bonds. The molecular formula is C6H8O. The van der Waals surface area contributed by atoms with E-state index in [4.69, 9.17) is 0 Å². The van der Waals surface area contributed by atoms with Crippen LogP contribution in [0.4, 0.5) is 0 Å². The largest absolute Gasteiger partial charge is 0.299 e. The van der Waals surface area contributed by atoms with Gasteiger partial charge in [-0.1, -0.05) is 6.42 Å². The van der Waals surface area contributed by atoms with Crippen molar-refractivity contribution < 1.29 is 4.79 Å². The maximum atomic E-state index is 10.5. The van der Waals surface area contributed by atoms with Gasteiger partial charge in [0.15, 0.2) is 0 Å². The summed E-state index contributed by atoms with van der Waals surface area (Å²) in [5, 5.41) is 0. The lowest BCUT2D eigenvalue weighted by atomic mass is 9.82. The van der Waals surface area contributed by atoms with Gasteiger partial charge in [-0.3, -0.25) is 4.79 Å². The minimum atomic E-state index is 0.292. The predicted molar refractivity (Wildman–Crippen MR) is 25.9 cm³/mol. The van der Waals surface area contributed by atoms with Gasteiger partial charge in [0.05, 0.1) is 0 Å². The number of carbonyl (C=O) groups is 1. The maximum Gasteiger partial charge on any atom is 0.140 e. The highest BCUT2D eigenvalue weighted by molar-refractivity contribution is 6.01. The van der Waals surface area contributed by atoms with E-state index in [0.717, 1.165) is 6.42 Å². The molecule has 2 saturated carbocycles. The number of Topliss-reactive ketones (excluding diaryl/α,β-unsaturated/α-hetero) is 1. The molecule has 0 radical (unpaired) electrons. The van der Waals surface area contributed by atoms with Crippen LogP contribution in [-0.4, -0.2) is 5.78 Å². The van der Waals surface area contributed by atoms with Gasteiger partial charge in [-0.25, -0.2) is 0 Å². The molecule has 0 bridgehead atoms. The zero-order chi connectivity index (χ0) is 4.91. The van der Waals surface area contributed by atoms with Gasteiger partial charge >= 0.3 is 0 Å². The van der Waals surface area contributed by atoms with Crippen molar-refractivity contribution in [3.8, 4) is 0 Å². The highest BCUT2D eigenvalue weighted by atomic mass is 16.1. The number of hydrogen-bond acceptors (Lipinski definition) is 1. The first-order chi connectivity index (χ1) is 3.33. The van der Waals surface area contributed by atoms with Crippen molar-refractivity contribution in [3.05, 3.63) is 0 Å². The van der Waals surface area contributed by atoms with Crippen molar-refractivity contribution in [2.24, 2.45) is 5.41 Å². The minimum Gasteiger partial charge on any atom is -0.299 e. The highest BCUT2D eigenvalue weighted by Crippen LogP contribution is 2.56. The first-order valence-corrected chi connectivity index (χ1v) is 2.87. The molecule has 2 aliphatic carbocycles. The first-order valence-electron chi connectivity index (χ1n) is 2.87. The fourth-order valence-electron chi connectivity index (χ4n) is 1.32. The molecule has 38 valence electrons. The van der Waals surface area contributed by atoms with E-state index in [2.05, 4.69) is 0 Å². The van der Waals surface area contributed by atoms with Gasteiger partial charge in [-0.05, 0) is 12.8 Å². The molecule has 1 nitrogen and oxygen atoms in total. The van der Waals surface area contributed by atoms with Crippen LogP contribution < -0.4 is 0 Å². The van der Waals surface area contributed by atoms with Gasteiger partial charge in [-0.2, -0.15) is 0 Å². The fourth-order valence-corrected chi connectivity index (χ4v) is 1.32. The molecule has 2 aliphatic rings. The van der Waals surface area contributed by atoms with E-state index in [1.807, 2.05) is 0 Å². The van der Waals surface area contributed by atoms with Crippen LogP contribution in [0.2, 0.25) is 0 Å². The van der Waals surface area contributed by atoms with Crippen molar-refractivity contribution in [3.63, 3.8) is 0 Å². The molecule has 0 heterocycles. The lowest BCUT2D eigenvalue weighted by Crippen LogP contribution is -2.13. The lowest BCUT2D eigenvalue weighted by Gasteiger charge is -2.21. The quantitative estimate of drug-likeness (QED) is 0.441. The van der Waals surface area contributed by atoms with Crippen LogP contribution >= 0.6 is 0 Å². The Morgan fingerprint density at radius 3 is 2.00 bits per heavy atom. The Hall–Kier alpha value is -0.330. The van der Waals surface area contributed by atoms with Crippen LogP contribution in [0.15, 0.2) is 0 Å². The third-order valence-electron chi connectivity index (χ3n) is 2.28. The Balaban J connectivity index is 2.18. The summed E-state index contributed by atoms with van der Waals surface area (Å²) in [6.45, 7) is 0. The second kappa shape index (κ2) is 0.770. The van der Waals surface area contributed by atoms with Gasteiger partial charge < -0.3 is 0 Å². The van der Waals surface area contributed by atoms with Gasteiger partial charge in [0.25, 0.3) is 0 Å². The van der Waals surface area contributed by atoms with Gasteiger partial charge in [0, 0.05) is 11.8 Å². The molecule has 0 aromatic rings. The monoisotopic (exact) mass is 96.1 g/mol. The van der Waals surface area contributed by atoms with E-state index in [1.54, 1.807) is 0 Å². The van der Waals surface area contributed by atoms with E-state index < -0.39 is 0 Å². The van der Waals surface area contributed by atoms with E-state index in [0.29, 0.717) is 11.2 Å². The molecule has 0 aromatic heterocycles. The molecular weight excluding hydrogens is 88.1 g/mol. The highest BCUT2D eigenvalue weighted by Gasteiger charge is 2.57. The Bertz CT molecular complexity index is 122. The smallest absolute Gasteiger partial charge is 0.140 e. The topological polar surface area (TPSA) is 17.1 Å². The molecule has 2 fully saturated rings. The van der Waals surface area contributed by atoms with Crippen molar-refractivity contribution in [2.75, 3.05) is 0 Å². The van der Waals surface area contributed by atoms with Crippen molar-refractivity contribution >= 4 is 5.78 Å². The van der Waals surface area contributed by atoms with Crippen LogP contribution in [0.25, 0.3) is 0 Å². The summed E-state index contributed by atoms with van der Waals surface area (Å²) in [5.74, 6) is 0.527. The maximum absolute atomic E-state index is 10.5. The van der Waals surface area contributed by atoms with E-state index in [1.165, 1.54) is 19.3 Å². The summed E-state index contributed by atoms with van der Waals surface area (Å²) in [5.41, 5.74) is 0.292. The van der Waals surface area contributed by atoms with E-state index in [-0.39, 0.29) is 0 Å². The summed E-state index contributed by atoms with van der Waals surface area (Å²) < 4.78 is 0. The van der Waals surface area contributed by atoms with Gasteiger partial charge in [-0.15, -0.1) is 0 Å². The third-order valence-corrected chi connectivity index (χ3v) is 2.28. The molecule has 1 heteroatoms. The Morgan fingerprint density at radius 2 is 2.00 bits per heavy atom. The first kappa shape index (κ1) is 3.65. The number of rotatable bonds is 0. The second-order valence-corrected chi connectivity index (χ2v) is 2.73. The summed E-state index contributed by atoms with van der Waals surface area (Å²) in [4.78, 5) is 10.5. The summed E-state index contributed by atoms with van der Waals surface area (Å²) >= 11 is 0. The summed E-state index contributed by atoms with van der Waals surface area (Å²) in [7, 11) is 0. The number of hydrogen-bond donors (Lipinski definition) is 0. The molecule has 7 heavy (non-hydrogen) atoms. The molecule has 0 N–H and O–H groups in total. The van der Waals surface area contributed by atoms with Gasteiger partial charge in [0.2, 0.25) is 0 Å². The second-order valence-electron chi connectivity index (χ2n) is 2.73. The summed E-state index contributed by atoms with van der Waals surface area (Å²) in [6.07, 6.45) is 4.61. The number of ketones is 1. The van der Waals surface area contributed by atoms with Crippen LogP contribution in [0.3, 0.4) is 0 Å². The Labute approximate surface area is 42.7 Å². The standard InChI is InChI=1S/C6H8O/c7-5-4-6(5)2-1-3-6/h1-4H2. The zero-order valence-corrected chi connectivity index (χ0v) is 4.24. The average Bonchev–Trinajstić information content (AvgIpc) is 2.10. The Morgan fingerprint density at radius 1 is 1.43 bits per heavy atom. The normalized spacial score (nSPS) is 32.9. The fraction of sp³-hybridized carbons (Fsp3) is 0.833. The lowest BCUT2D eigenvalue weighted by molar-refractivity contribution is -0.114. The summed E-state index contributed by atoms with van der Waals surface area (Å²) in [6, 6.07) is 0. The SMILES string of the molecule is O=C1CC12CCC2. The molecule has 0 aromatic carbocycles. The van der Waals surface area contributed by atoms with Crippen LogP contribution in [0, 0.1) is 5.41 Å². The predicted octanol–water partition coefficient (Wildman–Crippen LogP) is 1.13. The molecule has 2 rings (SSSR count). The van der Waals surface area contributed by atoms with Crippen LogP contribution in [0.5, 0.6) is 0 Å². The molecule has 1 spiro atoms. The average molecular weight is 96.1 g/mol. The van der Waals surface area contributed by atoms with Gasteiger partial charge in [0.1, 0.15) is 5.78 Å². The Kier molecular flexibility index (Phi) is 0.401. The van der Waals surface area contributed by atoms with E-state index in [9.17, 15) is 4.79 Å². The minimum absolute atomic E-state index is 0.292. The van der Waals surface area contributed by atoms with Crippen molar-refractivity contribution in [1.82, 2.24) is 0 Å². The molecule has 0 unspecified atom stereocenters. The third kappa shape index (κ3) is 0.275.